The number of halogens is 1. The minimum absolute atomic E-state index is 0.0756. The van der Waals surface area contributed by atoms with Gasteiger partial charge in [0.25, 0.3) is 0 Å². The van der Waals surface area contributed by atoms with Crippen LogP contribution in [-0.4, -0.2) is 51.9 Å². The molecule has 27 heavy (non-hydrogen) atoms. The van der Waals surface area contributed by atoms with Gasteiger partial charge in [0.1, 0.15) is 5.82 Å². The van der Waals surface area contributed by atoms with Crippen LogP contribution in [0.25, 0.3) is 0 Å². The molecule has 146 valence electrons. The highest BCUT2D eigenvalue weighted by Crippen LogP contribution is 2.42. The molecule has 3 fully saturated rings. The molecule has 0 radical (unpaired) electrons. The molecular weight excluding hydrogens is 337 g/mol. The highest BCUT2D eigenvalue weighted by molar-refractivity contribution is 5.47. The summed E-state index contributed by atoms with van der Waals surface area (Å²) in [5.41, 5.74) is 0.788. The first-order valence-corrected chi connectivity index (χ1v) is 11.1. The molecule has 4 heteroatoms. The fraction of sp³-hybridized carbons (Fsp3) is 0.652. The maximum atomic E-state index is 14.0. The Morgan fingerprint density at radius 3 is 2.41 bits per heavy atom. The third-order valence-electron chi connectivity index (χ3n) is 7.84. The number of quaternary nitrogens is 2. The molecule has 1 saturated carbocycles. The lowest BCUT2D eigenvalue weighted by atomic mass is 9.92. The summed E-state index contributed by atoms with van der Waals surface area (Å²) in [6.45, 7) is 8.43. The van der Waals surface area contributed by atoms with Gasteiger partial charge in [0.15, 0.2) is 0 Å². The molecule has 2 heterocycles. The Morgan fingerprint density at radius 2 is 1.74 bits per heavy atom. The van der Waals surface area contributed by atoms with E-state index in [1.54, 1.807) is 17.0 Å². The van der Waals surface area contributed by atoms with Crippen molar-refractivity contribution in [1.29, 1.82) is 0 Å². The van der Waals surface area contributed by atoms with E-state index >= 15 is 0 Å². The van der Waals surface area contributed by atoms with Gasteiger partial charge in [0.2, 0.25) is 0 Å². The number of anilines is 1. The molecule has 0 unspecified atom stereocenters. The fourth-order valence-corrected chi connectivity index (χ4v) is 6.29. The number of rotatable bonds is 4. The van der Waals surface area contributed by atoms with E-state index < -0.39 is 0 Å². The van der Waals surface area contributed by atoms with Crippen LogP contribution in [0.2, 0.25) is 0 Å². The number of piperidine rings is 1. The number of hydrogen-bond acceptors (Lipinski definition) is 1. The molecule has 2 N–H and O–H groups in total. The molecule has 2 aliphatic carbocycles. The van der Waals surface area contributed by atoms with Gasteiger partial charge < -0.3 is 14.7 Å². The largest absolute Gasteiger partial charge is 0.358 e. The number of piperazine rings is 1. The highest BCUT2D eigenvalue weighted by Gasteiger charge is 2.39. The summed E-state index contributed by atoms with van der Waals surface area (Å²) in [6, 6.07) is 8.06. The zero-order chi connectivity index (χ0) is 18.2. The van der Waals surface area contributed by atoms with Crippen molar-refractivity contribution < 1.29 is 14.2 Å². The number of fused-ring (bicyclic) bond motifs is 2. The van der Waals surface area contributed by atoms with Gasteiger partial charge in [-0.2, -0.15) is 0 Å². The Morgan fingerprint density at radius 1 is 0.963 bits per heavy atom. The summed E-state index contributed by atoms with van der Waals surface area (Å²) in [6.07, 6.45) is 10.6. The van der Waals surface area contributed by atoms with Gasteiger partial charge in [0, 0.05) is 18.8 Å². The predicted molar refractivity (Wildman–Crippen MR) is 107 cm³/mol. The van der Waals surface area contributed by atoms with Crippen molar-refractivity contribution in [2.75, 3.05) is 50.7 Å². The lowest BCUT2D eigenvalue weighted by Gasteiger charge is -2.40. The Labute approximate surface area is 162 Å². The van der Waals surface area contributed by atoms with E-state index in [1.807, 2.05) is 17.0 Å². The average Bonchev–Trinajstić information content (AvgIpc) is 3.32. The number of hydrogen-bond donors (Lipinski definition) is 2. The van der Waals surface area contributed by atoms with Crippen molar-refractivity contribution in [2.45, 2.75) is 31.7 Å². The van der Waals surface area contributed by atoms with E-state index in [4.69, 9.17) is 0 Å². The number of nitrogens with zero attached hydrogens (tertiary/aromatic N) is 1. The smallest absolute Gasteiger partial charge is 0.146 e. The fourth-order valence-electron chi connectivity index (χ4n) is 6.29. The Kier molecular flexibility index (Phi) is 4.95. The molecule has 4 aliphatic rings. The quantitative estimate of drug-likeness (QED) is 0.746. The average molecular weight is 372 g/mol. The van der Waals surface area contributed by atoms with Gasteiger partial charge in [-0.3, -0.25) is 0 Å². The van der Waals surface area contributed by atoms with E-state index in [0.717, 1.165) is 55.7 Å². The third kappa shape index (κ3) is 3.66. The molecule has 5 rings (SSSR count). The maximum Gasteiger partial charge on any atom is 0.146 e. The molecule has 0 aromatic heterocycles. The number of para-hydroxylation sites is 1. The van der Waals surface area contributed by atoms with E-state index in [9.17, 15) is 4.39 Å². The third-order valence-corrected chi connectivity index (χ3v) is 7.84. The summed E-state index contributed by atoms with van der Waals surface area (Å²) >= 11 is 0. The minimum atomic E-state index is -0.0756. The van der Waals surface area contributed by atoms with Crippen LogP contribution < -0.4 is 14.7 Å². The second-order valence-electron chi connectivity index (χ2n) is 9.37. The SMILES string of the molecule is Fc1ccccc1N1CC[NH+](C2CC[NH+](C[C@@H]3C[C@H]4C=C[C@H]3C4)CC2)CC1. The first-order valence-electron chi connectivity index (χ1n) is 11.1. The van der Waals surface area contributed by atoms with Gasteiger partial charge in [0.05, 0.1) is 57.5 Å². The second kappa shape index (κ2) is 7.56. The van der Waals surface area contributed by atoms with Crippen LogP contribution in [0.1, 0.15) is 25.7 Å². The van der Waals surface area contributed by atoms with E-state index in [2.05, 4.69) is 17.1 Å². The monoisotopic (exact) mass is 371 g/mol. The van der Waals surface area contributed by atoms with Crippen LogP contribution >= 0.6 is 0 Å². The predicted octanol–water partition coefficient (Wildman–Crippen LogP) is 0.790. The molecule has 1 aromatic rings. The zero-order valence-electron chi connectivity index (χ0n) is 16.4. The number of allylic oxidation sites excluding steroid dienone is 2. The standard InChI is InChI=1S/C23H32FN3/c24-22-3-1-2-4-23(22)27-13-11-26(12-14-27)21-7-9-25(10-8-21)17-20-16-18-5-6-19(20)15-18/h1-6,18-21H,7-17H2/p+2/t18-,19-,20-/m0/s1. The van der Waals surface area contributed by atoms with Crippen molar-refractivity contribution in [3.05, 3.63) is 42.2 Å². The number of likely N-dealkylation sites (tertiary alicyclic amines) is 1. The summed E-state index contributed by atoms with van der Waals surface area (Å²) in [7, 11) is 0. The Balaban J connectivity index is 1.08. The van der Waals surface area contributed by atoms with Crippen LogP contribution in [0, 0.1) is 23.6 Å². The molecular formula is C23H34FN3+2. The lowest BCUT2D eigenvalue weighted by molar-refractivity contribution is -0.959. The summed E-state index contributed by atoms with van der Waals surface area (Å²) < 4.78 is 14.0. The first kappa shape index (κ1) is 17.7. The molecule has 2 saturated heterocycles. The second-order valence-corrected chi connectivity index (χ2v) is 9.37. The summed E-state index contributed by atoms with van der Waals surface area (Å²) in [5.74, 6) is 2.70. The van der Waals surface area contributed by atoms with E-state index in [0.29, 0.717) is 0 Å². The molecule has 2 bridgehead atoms. The van der Waals surface area contributed by atoms with Crippen molar-refractivity contribution in [1.82, 2.24) is 0 Å². The molecule has 3 nitrogen and oxygen atoms in total. The van der Waals surface area contributed by atoms with Crippen LogP contribution in [0.15, 0.2) is 36.4 Å². The minimum Gasteiger partial charge on any atom is -0.358 e. The Bertz CT molecular complexity index is 674. The molecule has 1 aromatic carbocycles. The molecule has 2 aliphatic heterocycles. The van der Waals surface area contributed by atoms with Crippen LogP contribution in [0.5, 0.6) is 0 Å². The first-order chi connectivity index (χ1) is 13.3. The highest BCUT2D eigenvalue weighted by atomic mass is 19.1. The zero-order valence-corrected chi connectivity index (χ0v) is 16.4. The normalized spacial score (nSPS) is 36.5. The summed E-state index contributed by atoms with van der Waals surface area (Å²) in [4.78, 5) is 5.87. The lowest BCUT2D eigenvalue weighted by Crippen LogP contribution is -3.22. The van der Waals surface area contributed by atoms with Crippen molar-refractivity contribution in [3.8, 4) is 0 Å². The number of benzene rings is 1. The van der Waals surface area contributed by atoms with Crippen molar-refractivity contribution in [3.63, 3.8) is 0 Å². The van der Waals surface area contributed by atoms with Crippen LogP contribution in [-0.2, 0) is 0 Å². The van der Waals surface area contributed by atoms with Crippen molar-refractivity contribution in [2.24, 2.45) is 17.8 Å². The molecule has 0 spiro atoms. The molecule has 3 atom stereocenters. The maximum absolute atomic E-state index is 14.0. The van der Waals surface area contributed by atoms with Gasteiger partial charge in [-0.05, 0) is 36.8 Å². The van der Waals surface area contributed by atoms with Gasteiger partial charge in [-0.15, -0.1) is 0 Å². The number of nitrogens with one attached hydrogen (secondary N) is 2. The van der Waals surface area contributed by atoms with Gasteiger partial charge in [-0.1, -0.05) is 24.3 Å². The van der Waals surface area contributed by atoms with E-state index in [-0.39, 0.29) is 5.82 Å². The van der Waals surface area contributed by atoms with Gasteiger partial charge >= 0.3 is 0 Å². The Hall–Kier alpha value is -1.39. The topological polar surface area (TPSA) is 12.1 Å². The van der Waals surface area contributed by atoms with Crippen molar-refractivity contribution >= 4 is 5.69 Å². The van der Waals surface area contributed by atoms with Crippen LogP contribution in [0.4, 0.5) is 10.1 Å². The van der Waals surface area contributed by atoms with Gasteiger partial charge in [-0.25, -0.2) is 4.39 Å². The van der Waals surface area contributed by atoms with E-state index in [1.165, 1.54) is 45.3 Å². The molecule has 0 amide bonds. The summed E-state index contributed by atoms with van der Waals surface area (Å²) in [5, 5.41) is 0. The van der Waals surface area contributed by atoms with Crippen LogP contribution in [0.3, 0.4) is 0 Å².